The number of hydrogen-bond donors (Lipinski definition) is 0. The predicted octanol–water partition coefficient (Wildman–Crippen LogP) is 20.5. The van der Waals surface area contributed by atoms with Crippen LogP contribution >= 0.6 is 0 Å². The van der Waals surface area contributed by atoms with Crippen LogP contribution in [0.4, 0.5) is 0 Å². The zero-order valence-corrected chi connectivity index (χ0v) is 48.0. The normalized spacial score (nSPS) is 13.3. The van der Waals surface area contributed by atoms with Gasteiger partial charge in [-0.15, -0.1) is 0 Å². The first-order chi connectivity index (χ1) is 37.0. The number of ether oxygens (including phenoxy) is 3. The van der Waals surface area contributed by atoms with Gasteiger partial charge in [0.1, 0.15) is 13.2 Å². The summed E-state index contributed by atoms with van der Waals surface area (Å²) in [5, 5.41) is 0. The molecule has 0 spiro atoms. The van der Waals surface area contributed by atoms with E-state index in [1.807, 2.05) is 0 Å². The van der Waals surface area contributed by atoms with Gasteiger partial charge in [0.25, 0.3) is 0 Å². The lowest BCUT2D eigenvalue weighted by atomic mass is 10.1. The molecule has 6 heteroatoms. The molecular weight excluding hydrogens is 925 g/mol. The quantitative estimate of drug-likeness (QED) is 0.0261. The molecule has 0 aromatic heterocycles. The van der Waals surface area contributed by atoms with Crippen LogP contribution in [0.1, 0.15) is 239 Å². The van der Waals surface area contributed by atoms with Gasteiger partial charge in [0, 0.05) is 19.3 Å². The molecule has 0 aliphatic heterocycles. The first-order valence-electron chi connectivity index (χ1n) is 30.0. The third-order valence-corrected chi connectivity index (χ3v) is 12.0. The highest BCUT2D eigenvalue weighted by Gasteiger charge is 2.19. The Labute approximate surface area is 460 Å². The third kappa shape index (κ3) is 59.8. The Morgan fingerprint density at radius 3 is 0.880 bits per heavy atom. The van der Waals surface area contributed by atoms with Gasteiger partial charge in [-0.2, -0.15) is 0 Å². The summed E-state index contributed by atoms with van der Waals surface area (Å²) in [5.41, 5.74) is 0. The van der Waals surface area contributed by atoms with Crippen molar-refractivity contribution in [2.24, 2.45) is 0 Å². The molecular formula is C69H108O6. The van der Waals surface area contributed by atoms with Gasteiger partial charge in [0.15, 0.2) is 6.10 Å². The summed E-state index contributed by atoms with van der Waals surface area (Å²) < 4.78 is 16.8. The third-order valence-electron chi connectivity index (χ3n) is 12.0. The maximum absolute atomic E-state index is 12.9. The Kier molecular flexibility index (Phi) is 57.5. The van der Waals surface area contributed by atoms with Gasteiger partial charge in [0.2, 0.25) is 0 Å². The van der Waals surface area contributed by atoms with Gasteiger partial charge in [0.05, 0.1) is 0 Å². The molecule has 0 amide bonds. The number of esters is 3. The molecule has 0 aliphatic carbocycles. The van der Waals surface area contributed by atoms with Gasteiger partial charge in [-0.25, -0.2) is 0 Å². The molecule has 0 aromatic rings. The van der Waals surface area contributed by atoms with Crippen LogP contribution in [0, 0.1) is 0 Å². The van der Waals surface area contributed by atoms with E-state index in [1.54, 1.807) is 0 Å². The predicted molar refractivity (Wildman–Crippen MR) is 325 cm³/mol. The van der Waals surface area contributed by atoms with Crippen molar-refractivity contribution in [1.82, 2.24) is 0 Å². The van der Waals surface area contributed by atoms with Gasteiger partial charge in [-0.1, -0.05) is 243 Å². The highest BCUT2D eigenvalue weighted by Crippen LogP contribution is 2.13. The van der Waals surface area contributed by atoms with Crippen molar-refractivity contribution >= 4 is 17.9 Å². The molecule has 1 atom stereocenters. The molecule has 0 heterocycles. The fourth-order valence-electron chi connectivity index (χ4n) is 7.58. The second-order valence-electron chi connectivity index (χ2n) is 19.1. The summed E-state index contributed by atoms with van der Waals surface area (Å²) in [7, 11) is 0. The summed E-state index contributed by atoms with van der Waals surface area (Å²) in [5.74, 6) is -1.06. The molecule has 0 aliphatic rings. The second kappa shape index (κ2) is 61.6. The number of unbranched alkanes of at least 4 members (excludes halogenated alkanes) is 15. The molecule has 0 N–H and O–H groups in total. The maximum Gasteiger partial charge on any atom is 0.306 e. The zero-order valence-electron chi connectivity index (χ0n) is 48.0. The number of carbonyl (C=O) groups excluding carboxylic acids is 3. The van der Waals surface area contributed by atoms with E-state index in [0.717, 1.165) is 109 Å². The standard InChI is InChI=1S/C69H108O6/c1-4-7-10-13-16-19-22-25-28-31-32-33-34-35-36-39-41-44-47-50-53-56-59-62-68(71)74-65-66(75-69(72)63-60-57-54-51-48-45-42-38-30-27-24-21-18-15-12-9-6-3)64-73-67(70)61-58-55-52-49-46-43-40-37-29-26-23-20-17-14-11-8-5-2/h7,9-10,12,16,18-19,21,25-30,32-33,35-36,41-42,44-45,50-51,53-54,66H,4-6,8,11,13-15,17,20,22-24,31,34,37-40,43,46-49,52,55-65H2,1-3H3/b10-7-,12-9-,19-16-,21-18-,28-25-,29-26-,30-27-,33-32-,36-35-,44-41-,45-42-,53-50-,54-51-. The van der Waals surface area contributed by atoms with E-state index in [2.05, 4.69) is 179 Å². The minimum absolute atomic E-state index is 0.128. The van der Waals surface area contributed by atoms with Gasteiger partial charge in [-0.3, -0.25) is 14.4 Å². The molecule has 75 heavy (non-hydrogen) atoms. The molecule has 0 aromatic carbocycles. The van der Waals surface area contributed by atoms with E-state index in [1.165, 1.54) is 77.0 Å². The molecule has 1 unspecified atom stereocenters. The smallest absolute Gasteiger partial charge is 0.306 e. The van der Waals surface area contributed by atoms with Crippen LogP contribution in [0.15, 0.2) is 158 Å². The summed E-state index contributed by atoms with van der Waals surface area (Å²) in [4.78, 5) is 38.2. The molecule has 6 nitrogen and oxygen atoms in total. The van der Waals surface area contributed by atoms with Crippen molar-refractivity contribution in [3.63, 3.8) is 0 Å². The lowest BCUT2D eigenvalue weighted by molar-refractivity contribution is -0.167. The molecule has 0 bridgehead atoms. The fraction of sp³-hybridized carbons (Fsp3) is 0.580. The Bertz CT molecular complexity index is 1710. The molecule has 0 saturated carbocycles. The number of allylic oxidation sites excluding steroid dienone is 26. The minimum Gasteiger partial charge on any atom is -0.462 e. The Hall–Kier alpha value is -4.97. The van der Waals surface area contributed by atoms with Crippen LogP contribution in [0.2, 0.25) is 0 Å². The SMILES string of the molecule is CC/C=C\C/C=C\C/C=C\C/C=C\C/C=C\C/C=C\C/C=C\CCCC(=O)OCC(COC(=O)CCCCCCCCC/C=C\CCCCCCCC)OC(=O)CCC/C=C\C/C=C\C/C=C\C/C=C\C/C=C\CC. The van der Waals surface area contributed by atoms with E-state index in [9.17, 15) is 14.4 Å². The molecule has 0 saturated heterocycles. The van der Waals surface area contributed by atoms with E-state index in [4.69, 9.17) is 14.2 Å². The van der Waals surface area contributed by atoms with E-state index >= 15 is 0 Å². The average molecular weight is 1030 g/mol. The summed E-state index contributed by atoms with van der Waals surface area (Å²) in [6, 6.07) is 0. The van der Waals surface area contributed by atoms with Gasteiger partial charge < -0.3 is 14.2 Å². The van der Waals surface area contributed by atoms with Gasteiger partial charge >= 0.3 is 17.9 Å². The van der Waals surface area contributed by atoms with Crippen LogP contribution in [-0.4, -0.2) is 37.2 Å². The summed E-state index contributed by atoms with van der Waals surface area (Å²) >= 11 is 0. The van der Waals surface area contributed by atoms with E-state index in [0.29, 0.717) is 19.3 Å². The number of carbonyl (C=O) groups is 3. The van der Waals surface area contributed by atoms with Crippen LogP contribution in [0.25, 0.3) is 0 Å². The van der Waals surface area contributed by atoms with E-state index < -0.39 is 6.10 Å². The zero-order chi connectivity index (χ0) is 54.3. The summed E-state index contributed by atoms with van der Waals surface area (Å²) in [6.45, 7) is 6.30. The first kappa shape index (κ1) is 70.0. The Morgan fingerprint density at radius 1 is 0.280 bits per heavy atom. The lowest BCUT2D eigenvalue weighted by Gasteiger charge is -2.18. The Morgan fingerprint density at radius 2 is 0.533 bits per heavy atom. The van der Waals surface area contributed by atoms with Crippen molar-refractivity contribution in [2.45, 2.75) is 245 Å². The Balaban J connectivity index is 4.59. The van der Waals surface area contributed by atoms with Crippen molar-refractivity contribution in [3.05, 3.63) is 158 Å². The minimum atomic E-state index is -0.842. The molecule has 0 radical (unpaired) electrons. The van der Waals surface area contributed by atoms with Crippen LogP contribution < -0.4 is 0 Å². The summed E-state index contributed by atoms with van der Waals surface area (Å²) in [6.07, 6.45) is 89.6. The maximum atomic E-state index is 12.9. The van der Waals surface area contributed by atoms with Crippen LogP contribution in [-0.2, 0) is 28.6 Å². The molecule has 0 rings (SSSR count). The largest absolute Gasteiger partial charge is 0.462 e. The second-order valence-corrected chi connectivity index (χ2v) is 19.1. The first-order valence-corrected chi connectivity index (χ1v) is 30.0. The van der Waals surface area contributed by atoms with E-state index in [-0.39, 0.29) is 44.0 Å². The number of rotatable bonds is 52. The average Bonchev–Trinajstić information content (AvgIpc) is 3.41. The topological polar surface area (TPSA) is 78.9 Å². The monoisotopic (exact) mass is 1030 g/mol. The van der Waals surface area contributed by atoms with Crippen molar-refractivity contribution in [2.75, 3.05) is 13.2 Å². The fourth-order valence-corrected chi connectivity index (χ4v) is 7.58. The van der Waals surface area contributed by atoms with Crippen molar-refractivity contribution in [3.8, 4) is 0 Å². The molecule has 0 fully saturated rings. The van der Waals surface area contributed by atoms with Gasteiger partial charge in [-0.05, 0) is 135 Å². The van der Waals surface area contributed by atoms with Crippen molar-refractivity contribution in [1.29, 1.82) is 0 Å². The highest BCUT2D eigenvalue weighted by atomic mass is 16.6. The van der Waals surface area contributed by atoms with Crippen molar-refractivity contribution < 1.29 is 28.6 Å². The lowest BCUT2D eigenvalue weighted by Crippen LogP contribution is -2.30. The molecule has 420 valence electrons. The van der Waals surface area contributed by atoms with Crippen LogP contribution in [0.3, 0.4) is 0 Å². The number of hydrogen-bond acceptors (Lipinski definition) is 6. The highest BCUT2D eigenvalue weighted by molar-refractivity contribution is 5.71. The van der Waals surface area contributed by atoms with Crippen LogP contribution in [0.5, 0.6) is 0 Å².